The second-order valence-corrected chi connectivity index (χ2v) is 8.85. The van der Waals surface area contributed by atoms with Gasteiger partial charge in [-0.2, -0.15) is 4.31 Å². The van der Waals surface area contributed by atoms with E-state index >= 15 is 0 Å². The zero-order valence-corrected chi connectivity index (χ0v) is 19.1. The first-order valence-corrected chi connectivity index (χ1v) is 11.4. The minimum Gasteiger partial charge on any atom is -0.465 e. The summed E-state index contributed by atoms with van der Waals surface area (Å²) in [6.45, 7) is 6.33. The molecular weight excluding hydrogens is 426 g/mol. The minimum absolute atomic E-state index is 0.0000591. The summed E-state index contributed by atoms with van der Waals surface area (Å²) < 4.78 is 37.2. The van der Waals surface area contributed by atoms with Crippen molar-refractivity contribution in [1.29, 1.82) is 0 Å². The summed E-state index contributed by atoms with van der Waals surface area (Å²) in [4.78, 5) is 39.6. The van der Waals surface area contributed by atoms with Gasteiger partial charge in [0.1, 0.15) is 0 Å². The SMILES string of the molecule is CCN(CC)C(=O)CN1CCN(S(=O)(=O)c2cc(C(=O)OC)ccc2C(=O)OC)CC1. The number of sulfonamides is 1. The molecule has 31 heavy (non-hydrogen) atoms. The molecule has 0 bridgehead atoms. The third kappa shape index (κ3) is 5.60. The van der Waals surface area contributed by atoms with Gasteiger partial charge in [0.15, 0.2) is 0 Å². The number of nitrogens with zero attached hydrogens (tertiary/aromatic N) is 3. The fourth-order valence-corrected chi connectivity index (χ4v) is 5.02. The first kappa shape index (κ1) is 24.8. The summed E-state index contributed by atoms with van der Waals surface area (Å²) in [5.74, 6) is -1.54. The topological polar surface area (TPSA) is 114 Å². The van der Waals surface area contributed by atoms with E-state index in [0.717, 1.165) is 13.2 Å². The van der Waals surface area contributed by atoms with Crippen LogP contribution in [-0.4, -0.2) is 100 Å². The van der Waals surface area contributed by atoms with E-state index in [-0.39, 0.29) is 41.6 Å². The summed E-state index contributed by atoms with van der Waals surface area (Å²) in [6, 6.07) is 3.68. The molecule has 10 nitrogen and oxygen atoms in total. The van der Waals surface area contributed by atoms with E-state index in [0.29, 0.717) is 26.2 Å². The minimum atomic E-state index is -4.09. The van der Waals surface area contributed by atoms with Crippen LogP contribution in [0, 0.1) is 0 Å². The number of amides is 1. The van der Waals surface area contributed by atoms with E-state index in [1.165, 1.54) is 23.5 Å². The first-order valence-electron chi connectivity index (χ1n) is 10.0. The lowest BCUT2D eigenvalue weighted by atomic mass is 10.1. The van der Waals surface area contributed by atoms with Gasteiger partial charge in [0.25, 0.3) is 0 Å². The molecule has 2 rings (SSSR count). The van der Waals surface area contributed by atoms with Crippen molar-refractivity contribution in [2.24, 2.45) is 0 Å². The standard InChI is InChI=1S/C20H29N3O7S/c1-5-22(6-2)18(24)14-21-9-11-23(12-10-21)31(27,28)17-13-15(19(25)29-3)7-8-16(17)20(26)30-4/h7-8,13H,5-6,9-12,14H2,1-4H3. The number of ether oxygens (including phenoxy) is 2. The van der Waals surface area contributed by atoms with Gasteiger partial charge in [-0.05, 0) is 32.0 Å². The van der Waals surface area contributed by atoms with Crippen molar-refractivity contribution in [3.63, 3.8) is 0 Å². The quantitative estimate of drug-likeness (QED) is 0.519. The Balaban J connectivity index is 2.23. The molecule has 1 aromatic rings. The van der Waals surface area contributed by atoms with E-state index in [1.807, 2.05) is 18.7 Å². The molecule has 1 aliphatic rings. The van der Waals surface area contributed by atoms with E-state index in [2.05, 4.69) is 4.74 Å². The van der Waals surface area contributed by atoms with Gasteiger partial charge < -0.3 is 14.4 Å². The molecule has 0 N–H and O–H groups in total. The van der Waals surface area contributed by atoms with Crippen LogP contribution in [-0.2, 0) is 24.3 Å². The molecule has 0 aliphatic carbocycles. The van der Waals surface area contributed by atoms with Crippen molar-refractivity contribution in [3.8, 4) is 0 Å². The molecule has 1 heterocycles. The van der Waals surface area contributed by atoms with Crippen LogP contribution in [0.1, 0.15) is 34.6 Å². The lowest BCUT2D eigenvalue weighted by Gasteiger charge is -2.34. The highest BCUT2D eigenvalue weighted by Crippen LogP contribution is 2.24. The Bertz CT molecular complexity index is 921. The number of carbonyl (C=O) groups is 3. The molecule has 0 aromatic heterocycles. The van der Waals surface area contributed by atoms with Gasteiger partial charge in [-0.25, -0.2) is 18.0 Å². The van der Waals surface area contributed by atoms with Gasteiger partial charge in [0.2, 0.25) is 15.9 Å². The molecule has 172 valence electrons. The Morgan fingerprint density at radius 3 is 2.06 bits per heavy atom. The van der Waals surface area contributed by atoms with E-state index < -0.39 is 22.0 Å². The average Bonchev–Trinajstić information content (AvgIpc) is 2.78. The Labute approximate surface area is 182 Å². The van der Waals surface area contributed by atoms with Crippen LogP contribution in [0.2, 0.25) is 0 Å². The van der Waals surface area contributed by atoms with Crippen LogP contribution in [0.4, 0.5) is 0 Å². The van der Waals surface area contributed by atoms with Gasteiger partial charge in [-0.3, -0.25) is 9.69 Å². The number of hydrogen-bond acceptors (Lipinski definition) is 8. The molecule has 0 atom stereocenters. The molecule has 0 radical (unpaired) electrons. The van der Waals surface area contributed by atoms with Gasteiger partial charge in [0.05, 0.1) is 36.8 Å². The molecule has 0 saturated carbocycles. The summed E-state index contributed by atoms with van der Waals surface area (Å²) in [7, 11) is -1.75. The maximum atomic E-state index is 13.3. The Hall–Kier alpha value is -2.50. The number of benzene rings is 1. The van der Waals surface area contributed by atoms with Crippen LogP contribution in [0.25, 0.3) is 0 Å². The largest absolute Gasteiger partial charge is 0.465 e. The highest BCUT2D eigenvalue weighted by atomic mass is 32.2. The first-order chi connectivity index (χ1) is 14.7. The van der Waals surface area contributed by atoms with Gasteiger partial charge >= 0.3 is 11.9 Å². The van der Waals surface area contributed by atoms with Crippen molar-refractivity contribution in [1.82, 2.24) is 14.1 Å². The normalized spacial score (nSPS) is 15.4. The molecule has 1 saturated heterocycles. The highest BCUT2D eigenvalue weighted by molar-refractivity contribution is 7.89. The smallest absolute Gasteiger partial charge is 0.339 e. The number of rotatable bonds is 8. The molecule has 0 unspecified atom stereocenters. The fraction of sp³-hybridized carbons (Fsp3) is 0.550. The molecule has 1 aliphatic heterocycles. The molecule has 11 heteroatoms. The summed E-state index contributed by atoms with van der Waals surface area (Å²) in [5, 5.41) is 0. The van der Waals surface area contributed by atoms with E-state index in [1.54, 1.807) is 4.90 Å². The number of hydrogen-bond donors (Lipinski definition) is 0. The molecular formula is C20H29N3O7S. The Kier molecular flexibility index (Phi) is 8.54. The fourth-order valence-electron chi connectivity index (χ4n) is 3.39. The lowest BCUT2D eigenvalue weighted by Crippen LogP contribution is -2.51. The number of esters is 2. The Morgan fingerprint density at radius 2 is 1.55 bits per heavy atom. The number of carbonyl (C=O) groups excluding carboxylic acids is 3. The third-order valence-corrected chi connectivity index (χ3v) is 7.17. The number of piperazine rings is 1. The molecule has 1 amide bonds. The van der Waals surface area contributed by atoms with E-state index in [4.69, 9.17) is 4.74 Å². The molecule has 1 fully saturated rings. The van der Waals surface area contributed by atoms with Crippen molar-refractivity contribution in [2.45, 2.75) is 18.7 Å². The summed E-state index contributed by atoms with van der Waals surface area (Å²) in [6.07, 6.45) is 0. The second kappa shape index (κ2) is 10.7. The van der Waals surface area contributed by atoms with Crippen molar-refractivity contribution in [2.75, 3.05) is 60.0 Å². The van der Waals surface area contributed by atoms with Crippen LogP contribution < -0.4 is 0 Å². The van der Waals surface area contributed by atoms with E-state index in [9.17, 15) is 22.8 Å². The lowest BCUT2D eigenvalue weighted by molar-refractivity contribution is -0.132. The van der Waals surface area contributed by atoms with Crippen LogP contribution in [0.15, 0.2) is 23.1 Å². The zero-order chi connectivity index (χ0) is 23.2. The third-order valence-electron chi connectivity index (χ3n) is 5.23. The second-order valence-electron chi connectivity index (χ2n) is 6.94. The maximum Gasteiger partial charge on any atom is 0.339 e. The summed E-state index contributed by atoms with van der Waals surface area (Å²) >= 11 is 0. The zero-order valence-electron chi connectivity index (χ0n) is 18.3. The Morgan fingerprint density at radius 1 is 0.968 bits per heavy atom. The average molecular weight is 456 g/mol. The maximum absolute atomic E-state index is 13.3. The molecule has 1 aromatic carbocycles. The summed E-state index contributed by atoms with van der Waals surface area (Å²) in [5.41, 5.74) is -0.147. The van der Waals surface area contributed by atoms with Crippen molar-refractivity contribution in [3.05, 3.63) is 29.3 Å². The van der Waals surface area contributed by atoms with Gasteiger partial charge in [0, 0.05) is 39.3 Å². The highest BCUT2D eigenvalue weighted by Gasteiger charge is 2.33. The van der Waals surface area contributed by atoms with Gasteiger partial charge in [-0.1, -0.05) is 0 Å². The van der Waals surface area contributed by atoms with Crippen LogP contribution >= 0.6 is 0 Å². The van der Waals surface area contributed by atoms with Crippen molar-refractivity contribution >= 4 is 27.9 Å². The number of methoxy groups -OCH3 is 2. The number of likely N-dealkylation sites (N-methyl/N-ethyl adjacent to an activating group) is 1. The predicted molar refractivity (Wildman–Crippen MR) is 112 cm³/mol. The predicted octanol–water partition coefficient (Wildman–Crippen LogP) is 0.435. The van der Waals surface area contributed by atoms with Gasteiger partial charge in [-0.15, -0.1) is 0 Å². The van der Waals surface area contributed by atoms with Crippen LogP contribution in [0.3, 0.4) is 0 Å². The molecule has 0 spiro atoms. The van der Waals surface area contributed by atoms with Crippen molar-refractivity contribution < 1.29 is 32.3 Å². The monoisotopic (exact) mass is 455 g/mol. The van der Waals surface area contributed by atoms with Crippen LogP contribution in [0.5, 0.6) is 0 Å².